The Labute approximate surface area is 105 Å². The third-order valence-electron chi connectivity index (χ3n) is 2.73. The highest BCUT2D eigenvalue weighted by atomic mass is 35.5. The molecule has 0 N–H and O–H groups in total. The van der Waals surface area contributed by atoms with Gasteiger partial charge in [0, 0.05) is 31.9 Å². The zero-order valence-corrected chi connectivity index (χ0v) is 10.6. The minimum Gasteiger partial charge on any atom is -0.339 e. The third kappa shape index (κ3) is 2.13. The van der Waals surface area contributed by atoms with Crippen LogP contribution in [0.25, 0.3) is 10.9 Å². The summed E-state index contributed by atoms with van der Waals surface area (Å²) >= 11 is 5.63. The number of halogens is 1. The summed E-state index contributed by atoms with van der Waals surface area (Å²) in [6.45, 7) is 0.519. The molecule has 0 fully saturated rings. The Morgan fingerprint density at radius 3 is 2.88 bits per heavy atom. The number of amides is 1. The smallest absolute Gasteiger partial charge is 0.274 e. The van der Waals surface area contributed by atoms with Crippen LogP contribution in [-0.2, 0) is 7.05 Å². The fourth-order valence-electron chi connectivity index (χ4n) is 1.78. The van der Waals surface area contributed by atoms with Crippen molar-refractivity contribution in [2.45, 2.75) is 0 Å². The second-order valence-corrected chi connectivity index (χ2v) is 4.28. The van der Waals surface area contributed by atoms with Crippen molar-refractivity contribution in [2.75, 3.05) is 19.5 Å². The summed E-state index contributed by atoms with van der Waals surface area (Å²) in [4.78, 5) is 13.7. The van der Waals surface area contributed by atoms with Gasteiger partial charge in [-0.3, -0.25) is 9.48 Å². The maximum atomic E-state index is 12.2. The Bertz CT molecular complexity index is 550. The molecule has 0 unspecified atom stereocenters. The van der Waals surface area contributed by atoms with Gasteiger partial charge >= 0.3 is 0 Å². The molecule has 0 aliphatic carbocycles. The maximum Gasteiger partial charge on any atom is 0.274 e. The lowest BCUT2D eigenvalue weighted by Gasteiger charge is -2.13. The molecule has 0 aliphatic rings. The molecule has 90 valence electrons. The van der Waals surface area contributed by atoms with Gasteiger partial charge in [0.2, 0.25) is 0 Å². The first-order valence-electron chi connectivity index (χ1n) is 5.38. The van der Waals surface area contributed by atoms with Crippen LogP contribution in [0.15, 0.2) is 24.3 Å². The summed E-state index contributed by atoms with van der Waals surface area (Å²) in [5, 5.41) is 5.15. The number of aryl methyl sites for hydroxylation is 1. The maximum absolute atomic E-state index is 12.2. The number of nitrogens with zero attached hydrogens (tertiary/aromatic N) is 3. The number of benzene rings is 1. The van der Waals surface area contributed by atoms with Crippen molar-refractivity contribution in [3.05, 3.63) is 30.0 Å². The molecule has 0 spiro atoms. The van der Waals surface area contributed by atoms with Crippen molar-refractivity contribution in [2.24, 2.45) is 7.05 Å². The van der Waals surface area contributed by atoms with E-state index in [-0.39, 0.29) is 5.91 Å². The van der Waals surface area contributed by atoms with E-state index in [2.05, 4.69) is 5.10 Å². The van der Waals surface area contributed by atoms with Gasteiger partial charge in [0.25, 0.3) is 5.91 Å². The van der Waals surface area contributed by atoms with E-state index in [9.17, 15) is 4.79 Å². The Hall–Kier alpha value is -1.55. The highest BCUT2D eigenvalue weighted by Gasteiger charge is 2.18. The van der Waals surface area contributed by atoms with E-state index < -0.39 is 0 Å². The molecule has 0 bridgehead atoms. The number of hydrogen-bond donors (Lipinski definition) is 0. The van der Waals surface area contributed by atoms with Crippen LogP contribution in [0.2, 0.25) is 0 Å². The van der Waals surface area contributed by atoms with Crippen LogP contribution in [0.3, 0.4) is 0 Å². The van der Waals surface area contributed by atoms with Gasteiger partial charge < -0.3 is 4.90 Å². The summed E-state index contributed by atoms with van der Waals surface area (Å²) in [6.07, 6.45) is 0. The summed E-state index contributed by atoms with van der Waals surface area (Å²) in [6, 6.07) is 7.69. The quantitative estimate of drug-likeness (QED) is 0.782. The number of carbonyl (C=O) groups is 1. The van der Waals surface area contributed by atoms with E-state index in [1.807, 2.05) is 31.3 Å². The van der Waals surface area contributed by atoms with Gasteiger partial charge in [-0.15, -0.1) is 11.6 Å². The predicted molar refractivity (Wildman–Crippen MR) is 68.4 cm³/mol. The number of fused-ring (bicyclic) bond motifs is 1. The van der Waals surface area contributed by atoms with E-state index >= 15 is 0 Å². The highest BCUT2D eigenvalue weighted by molar-refractivity contribution is 6.18. The van der Waals surface area contributed by atoms with Gasteiger partial charge in [0.1, 0.15) is 0 Å². The number of hydrogen-bond acceptors (Lipinski definition) is 2. The lowest BCUT2D eigenvalue weighted by molar-refractivity contribution is 0.0798. The van der Waals surface area contributed by atoms with E-state index in [1.54, 1.807) is 16.6 Å². The average molecular weight is 252 g/mol. The first-order chi connectivity index (χ1) is 8.15. The van der Waals surface area contributed by atoms with Crippen LogP contribution in [0, 0.1) is 0 Å². The fourth-order valence-corrected chi connectivity index (χ4v) is 2.03. The van der Waals surface area contributed by atoms with Gasteiger partial charge in [-0.25, -0.2) is 0 Å². The van der Waals surface area contributed by atoms with Crippen molar-refractivity contribution in [3.8, 4) is 0 Å². The standard InChI is InChI=1S/C12H14ClN3O/c1-15(8-7-13)12(17)11-9-5-3-4-6-10(9)16(2)14-11/h3-6H,7-8H2,1-2H3. The summed E-state index contributed by atoms with van der Waals surface area (Å²) in [7, 11) is 3.56. The van der Waals surface area contributed by atoms with Crippen molar-refractivity contribution < 1.29 is 4.79 Å². The normalized spacial score (nSPS) is 10.8. The minimum absolute atomic E-state index is 0.0950. The van der Waals surface area contributed by atoms with Crippen LogP contribution in [0.1, 0.15) is 10.5 Å². The topological polar surface area (TPSA) is 38.1 Å². The van der Waals surface area contributed by atoms with Crippen molar-refractivity contribution in [1.29, 1.82) is 0 Å². The molecule has 1 aromatic heterocycles. The molecule has 4 nitrogen and oxygen atoms in total. The number of carbonyl (C=O) groups excluding carboxylic acids is 1. The third-order valence-corrected chi connectivity index (χ3v) is 2.90. The molecule has 0 saturated carbocycles. The van der Waals surface area contributed by atoms with E-state index in [0.29, 0.717) is 18.1 Å². The Balaban J connectivity index is 2.45. The monoisotopic (exact) mass is 251 g/mol. The molecule has 17 heavy (non-hydrogen) atoms. The zero-order valence-electron chi connectivity index (χ0n) is 9.85. The van der Waals surface area contributed by atoms with Crippen LogP contribution in [-0.4, -0.2) is 40.1 Å². The van der Waals surface area contributed by atoms with Gasteiger partial charge in [-0.1, -0.05) is 18.2 Å². The molecule has 2 aromatic rings. The zero-order chi connectivity index (χ0) is 12.4. The second kappa shape index (κ2) is 4.75. The SMILES string of the molecule is CN(CCCl)C(=O)c1nn(C)c2ccccc12. The van der Waals surface area contributed by atoms with Crippen molar-refractivity contribution >= 4 is 28.4 Å². The second-order valence-electron chi connectivity index (χ2n) is 3.91. The predicted octanol–water partition coefficient (Wildman–Crippen LogP) is 1.88. The molecular weight excluding hydrogens is 238 g/mol. The van der Waals surface area contributed by atoms with E-state index in [0.717, 1.165) is 10.9 Å². The Morgan fingerprint density at radius 2 is 2.18 bits per heavy atom. The summed E-state index contributed by atoms with van der Waals surface area (Å²) < 4.78 is 1.72. The number of para-hydroxylation sites is 1. The lowest BCUT2D eigenvalue weighted by atomic mass is 10.2. The molecule has 5 heteroatoms. The minimum atomic E-state index is -0.0950. The van der Waals surface area contributed by atoms with Crippen LogP contribution in [0.5, 0.6) is 0 Å². The average Bonchev–Trinajstić information content (AvgIpc) is 2.67. The molecule has 2 rings (SSSR count). The molecule has 1 amide bonds. The van der Waals surface area contributed by atoms with Crippen molar-refractivity contribution in [1.82, 2.24) is 14.7 Å². The first-order valence-corrected chi connectivity index (χ1v) is 5.91. The molecule has 0 saturated heterocycles. The highest BCUT2D eigenvalue weighted by Crippen LogP contribution is 2.18. The Morgan fingerprint density at radius 1 is 1.47 bits per heavy atom. The van der Waals surface area contributed by atoms with Gasteiger partial charge in [0.05, 0.1) is 5.52 Å². The van der Waals surface area contributed by atoms with Crippen LogP contribution < -0.4 is 0 Å². The molecule has 0 aliphatic heterocycles. The molecule has 0 atom stereocenters. The van der Waals surface area contributed by atoms with Gasteiger partial charge in [0.15, 0.2) is 5.69 Å². The first kappa shape index (κ1) is 11.9. The fraction of sp³-hybridized carbons (Fsp3) is 0.333. The van der Waals surface area contributed by atoms with Crippen LogP contribution in [0.4, 0.5) is 0 Å². The molecular formula is C12H14ClN3O. The lowest BCUT2D eigenvalue weighted by Crippen LogP contribution is -2.29. The van der Waals surface area contributed by atoms with Gasteiger partial charge in [-0.2, -0.15) is 5.10 Å². The van der Waals surface area contributed by atoms with E-state index in [4.69, 9.17) is 11.6 Å². The van der Waals surface area contributed by atoms with Crippen LogP contribution >= 0.6 is 11.6 Å². The number of alkyl halides is 1. The van der Waals surface area contributed by atoms with Crippen molar-refractivity contribution in [3.63, 3.8) is 0 Å². The number of rotatable bonds is 3. The molecule has 1 heterocycles. The largest absolute Gasteiger partial charge is 0.339 e. The summed E-state index contributed by atoms with van der Waals surface area (Å²) in [5.41, 5.74) is 1.44. The molecule has 1 aromatic carbocycles. The Kier molecular flexibility index (Phi) is 3.33. The molecule has 0 radical (unpaired) electrons. The summed E-state index contributed by atoms with van der Waals surface area (Å²) in [5.74, 6) is 0.329. The number of aromatic nitrogens is 2. The van der Waals surface area contributed by atoms with E-state index in [1.165, 1.54) is 0 Å². The van der Waals surface area contributed by atoms with Gasteiger partial charge in [-0.05, 0) is 6.07 Å².